The quantitative estimate of drug-likeness (QED) is 0.464. The molecule has 0 aliphatic heterocycles. The first kappa shape index (κ1) is 25.3. The minimum atomic E-state index is -3.65. The van der Waals surface area contributed by atoms with E-state index in [-0.39, 0.29) is 23.0 Å². The molecule has 1 aliphatic rings. The molecule has 1 fully saturated rings. The van der Waals surface area contributed by atoms with E-state index in [9.17, 15) is 18.0 Å². The maximum absolute atomic E-state index is 13.1. The second-order valence-corrected chi connectivity index (χ2v) is 11.7. The van der Waals surface area contributed by atoms with E-state index in [0.717, 1.165) is 47.9 Å². The summed E-state index contributed by atoms with van der Waals surface area (Å²) in [5, 5.41) is 0. The predicted octanol–water partition coefficient (Wildman–Crippen LogP) is 3.88. The number of para-hydroxylation sites is 1. The predicted molar refractivity (Wildman–Crippen MR) is 135 cm³/mol. The van der Waals surface area contributed by atoms with Gasteiger partial charge in [0, 0.05) is 18.7 Å². The standard InChI is InChI=1S/C25H29N3O5S2/c1-17-8-7-11-21-23(17)28(16-22(29)33-3)25(34-21)26-24(30)18-12-14-20(15-13-18)35(31,32)27(2)19-9-5-4-6-10-19/h7-8,11-15,19H,4-6,9-10,16H2,1-3H3. The van der Waals surface area contributed by atoms with Crippen molar-refractivity contribution in [2.24, 2.45) is 4.99 Å². The summed E-state index contributed by atoms with van der Waals surface area (Å²) >= 11 is 1.31. The molecule has 1 saturated carbocycles. The van der Waals surface area contributed by atoms with Gasteiger partial charge in [-0.1, -0.05) is 42.7 Å². The van der Waals surface area contributed by atoms with Crippen molar-refractivity contribution in [1.29, 1.82) is 0 Å². The molecule has 0 saturated heterocycles. The fraction of sp³-hybridized carbons (Fsp3) is 0.400. The lowest BCUT2D eigenvalue weighted by molar-refractivity contribution is -0.141. The lowest BCUT2D eigenvalue weighted by atomic mass is 9.96. The average molecular weight is 516 g/mol. The second-order valence-electron chi connectivity index (χ2n) is 8.72. The Morgan fingerprint density at radius 1 is 1.11 bits per heavy atom. The Balaban J connectivity index is 1.64. The van der Waals surface area contributed by atoms with Crippen molar-refractivity contribution in [2.75, 3.05) is 14.2 Å². The molecule has 0 unspecified atom stereocenters. The van der Waals surface area contributed by atoms with E-state index < -0.39 is 21.9 Å². The maximum Gasteiger partial charge on any atom is 0.325 e. The van der Waals surface area contributed by atoms with Crippen molar-refractivity contribution >= 4 is 43.5 Å². The molecule has 186 valence electrons. The van der Waals surface area contributed by atoms with Gasteiger partial charge in [0.15, 0.2) is 4.80 Å². The van der Waals surface area contributed by atoms with Gasteiger partial charge in [-0.25, -0.2) is 8.42 Å². The first-order chi connectivity index (χ1) is 16.7. The Labute approximate surface area is 208 Å². The number of fused-ring (bicyclic) bond motifs is 1. The van der Waals surface area contributed by atoms with E-state index in [1.807, 2.05) is 25.1 Å². The Kier molecular flexibility index (Phi) is 7.53. The minimum absolute atomic E-state index is 0.00623. The summed E-state index contributed by atoms with van der Waals surface area (Å²) in [4.78, 5) is 29.8. The van der Waals surface area contributed by atoms with Crippen LogP contribution in [-0.4, -0.2) is 49.4 Å². The van der Waals surface area contributed by atoms with E-state index in [1.165, 1.54) is 47.0 Å². The Hall–Kier alpha value is -2.82. The van der Waals surface area contributed by atoms with Crippen LogP contribution in [0.3, 0.4) is 0 Å². The highest BCUT2D eigenvalue weighted by molar-refractivity contribution is 7.89. The highest BCUT2D eigenvalue weighted by Gasteiger charge is 2.29. The first-order valence-corrected chi connectivity index (χ1v) is 13.8. The number of thiazole rings is 1. The van der Waals surface area contributed by atoms with E-state index in [1.54, 1.807) is 11.6 Å². The molecular weight excluding hydrogens is 486 g/mol. The zero-order valence-electron chi connectivity index (χ0n) is 20.1. The van der Waals surface area contributed by atoms with Crippen LogP contribution < -0.4 is 4.80 Å². The molecule has 8 nitrogen and oxygen atoms in total. The number of amides is 1. The number of ether oxygens (including phenoxy) is 1. The summed E-state index contributed by atoms with van der Waals surface area (Å²) in [6.07, 6.45) is 4.94. The van der Waals surface area contributed by atoms with Gasteiger partial charge in [0.2, 0.25) is 10.0 Å². The van der Waals surface area contributed by atoms with Gasteiger partial charge in [0.1, 0.15) is 6.54 Å². The van der Waals surface area contributed by atoms with Gasteiger partial charge in [-0.3, -0.25) is 9.59 Å². The number of carbonyl (C=O) groups excluding carboxylic acids is 2. The number of methoxy groups -OCH3 is 1. The number of carbonyl (C=O) groups is 2. The minimum Gasteiger partial charge on any atom is -0.468 e. The van der Waals surface area contributed by atoms with Crippen molar-refractivity contribution in [2.45, 2.75) is 56.5 Å². The summed E-state index contributed by atoms with van der Waals surface area (Å²) in [6.45, 7) is 1.86. The van der Waals surface area contributed by atoms with Crippen molar-refractivity contribution < 1.29 is 22.7 Å². The highest BCUT2D eigenvalue weighted by atomic mass is 32.2. The summed E-state index contributed by atoms with van der Waals surface area (Å²) in [5.74, 6) is -0.962. The molecule has 1 amide bonds. The van der Waals surface area contributed by atoms with Crippen LogP contribution in [0.1, 0.15) is 48.0 Å². The summed E-state index contributed by atoms with van der Waals surface area (Å²) < 4.78 is 35.0. The summed E-state index contributed by atoms with van der Waals surface area (Å²) in [6, 6.07) is 11.6. The molecule has 4 rings (SSSR count). The third-order valence-corrected chi connectivity index (χ3v) is 9.45. The van der Waals surface area contributed by atoms with Crippen LogP contribution in [0.5, 0.6) is 0 Å². The van der Waals surface area contributed by atoms with Crippen LogP contribution in [0.2, 0.25) is 0 Å². The zero-order chi connectivity index (χ0) is 25.2. The van der Waals surface area contributed by atoms with Gasteiger partial charge in [0.05, 0.1) is 22.2 Å². The Morgan fingerprint density at radius 3 is 2.46 bits per heavy atom. The average Bonchev–Trinajstić information content (AvgIpc) is 3.21. The van der Waals surface area contributed by atoms with Gasteiger partial charge in [0.25, 0.3) is 5.91 Å². The monoisotopic (exact) mass is 515 g/mol. The molecular formula is C25H29N3O5S2. The largest absolute Gasteiger partial charge is 0.468 e. The highest BCUT2D eigenvalue weighted by Crippen LogP contribution is 2.27. The number of hydrogen-bond acceptors (Lipinski definition) is 6. The molecule has 0 bridgehead atoms. The first-order valence-electron chi connectivity index (χ1n) is 11.6. The number of aromatic nitrogens is 1. The topological polar surface area (TPSA) is 98.0 Å². The van der Waals surface area contributed by atoms with Crippen LogP contribution in [0.25, 0.3) is 10.2 Å². The van der Waals surface area contributed by atoms with Gasteiger partial charge >= 0.3 is 5.97 Å². The summed E-state index contributed by atoms with van der Waals surface area (Å²) in [5.41, 5.74) is 2.04. The van der Waals surface area contributed by atoms with Crippen LogP contribution >= 0.6 is 11.3 Å². The SMILES string of the molecule is COC(=O)Cn1c(=NC(=O)c2ccc(S(=O)(=O)N(C)C3CCCCC3)cc2)sc2cccc(C)c21. The van der Waals surface area contributed by atoms with Gasteiger partial charge < -0.3 is 9.30 Å². The Morgan fingerprint density at radius 2 is 1.80 bits per heavy atom. The fourth-order valence-electron chi connectivity index (χ4n) is 4.46. The van der Waals surface area contributed by atoms with Crippen LogP contribution in [0.15, 0.2) is 52.4 Å². The lowest BCUT2D eigenvalue weighted by Gasteiger charge is -2.30. The number of benzene rings is 2. The number of hydrogen-bond donors (Lipinski definition) is 0. The molecule has 0 radical (unpaired) electrons. The number of aryl methyl sites for hydroxylation is 1. The van der Waals surface area contributed by atoms with Gasteiger partial charge in [-0.15, -0.1) is 0 Å². The van der Waals surface area contributed by atoms with Crippen molar-refractivity contribution in [1.82, 2.24) is 8.87 Å². The molecule has 10 heteroatoms. The molecule has 3 aromatic rings. The van der Waals surface area contributed by atoms with Crippen molar-refractivity contribution in [3.05, 3.63) is 58.4 Å². The number of esters is 1. The molecule has 0 N–H and O–H groups in total. The molecule has 2 aromatic carbocycles. The lowest BCUT2D eigenvalue weighted by Crippen LogP contribution is -2.38. The molecule has 0 spiro atoms. The number of sulfonamides is 1. The summed E-state index contributed by atoms with van der Waals surface area (Å²) in [7, 11) is -0.706. The molecule has 1 heterocycles. The maximum atomic E-state index is 13.1. The zero-order valence-corrected chi connectivity index (χ0v) is 21.7. The second kappa shape index (κ2) is 10.4. The molecule has 1 aliphatic carbocycles. The van der Waals surface area contributed by atoms with Gasteiger partial charge in [-0.05, 0) is 55.7 Å². The van der Waals surface area contributed by atoms with Crippen LogP contribution in [-0.2, 0) is 26.1 Å². The smallest absolute Gasteiger partial charge is 0.325 e. The number of rotatable bonds is 6. The molecule has 0 atom stereocenters. The van der Waals surface area contributed by atoms with Crippen LogP contribution in [0, 0.1) is 6.92 Å². The molecule has 35 heavy (non-hydrogen) atoms. The fourth-order valence-corrected chi connectivity index (χ4v) is 6.98. The third-order valence-electron chi connectivity index (χ3n) is 6.48. The molecule has 1 aromatic heterocycles. The van der Waals surface area contributed by atoms with E-state index >= 15 is 0 Å². The van der Waals surface area contributed by atoms with E-state index in [0.29, 0.717) is 4.80 Å². The Bertz CT molecular complexity index is 1420. The van der Waals surface area contributed by atoms with Crippen LogP contribution in [0.4, 0.5) is 0 Å². The van der Waals surface area contributed by atoms with E-state index in [4.69, 9.17) is 4.74 Å². The van der Waals surface area contributed by atoms with Crippen molar-refractivity contribution in [3.8, 4) is 0 Å². The van der Waals surface area contributed by atoms with Crippen molar-refractivity contribution in [3.63, 3.8) is 0 Å². The number of nitrogens with zero attached hydrogens (tertiary/aromatic N) is 3. The van der Waals surface area contributed by atoms with E-state index in [2.05, 4.69) is 4.99 Å². The normalized spacial score (nSPS) is 15.6. The van der Waals surface area contributed by atoms with Gasteiger partial charge in [-0.2, -0.15) is 9.30 Å². The third kappa shape index (κ3) is 5.24.